The molecular formula is C30H30FN5O5S. The van der Waals surface area contributed by atoms with Gasteiger partial charge >= 0.3 is 0 Å². The van der Waals surface area contributed by atoms with E-state index in [1.165, 1.54) is 33.3 Å². The molecule has 1 unspecified atom stereocenters. The molecule has 3 aliphatic heterocycles. The highest BCUT2D eigenvalue weighted by molar-refractivity contribution is 7.10. The summed E-state index contributed by atoms with van der Waals surface area (Å²) in [5, 5.41) is 12.2. The number of benzene rings is 2. The van der Waals surface area contributed by atoms with Gasteiger partial charge in [-0.25, -0.2) is 4.39 Å². The number of likely N-dealkylation sites (tertiary alicyclic amines) is 1. The number of ether oxygens (including phenoxy) is 2. The van der Waals surface area contributed by atoms with Gasteiger partial charge in [0.2, 0.25) is 11.8 Å². The molecule has 1 atom stereocenters. The number of thiophene rings is 1. The molecular weight excluding hydrogens is 561 g/mol. The number of carbonyl (C=O) groups is 3. The smallest absolute Gasteiger partial charge is 0.254 e. The Hall–Kier alpha value is -4.13. The third-order valence-electron chi connectivity index (χ3n) is 7.91. The minimum absolute atomic E-state index is 0.0444. The molecule has 3 amide bonds. The largest absolute Gasteiger partial charge is 0.384 e. The van der Waals surface area contributed by atoms with E-state index in [0.29, 0.717) is 37.3 Å². The van der Waals surface area contributed by atoms with Crippen LogP contribution < -0.4 is 11.1 Å². The van der Waals surface area contributed by atoms with Crippen LogP contribution in [0.5, 0.6) is 0 Å². The summed E-state index contributed by atoms with van der Waals surface area (Å²) in [6.07, 6.45) is 0.753. The Morgan fingerprint density at radius 2 is 1.86 bits per heavy atom. The molecule has 3 aliphatic rings. The summed E-state index contributed by atoms with van der Waals surface area (Å²) in [7, 11) is 0. The number of nitrogens with zero attached hydrogens (tertiary/aromatic N) is 2. The number of halogens is 1. The number of nitrogens with two attached hydrogens (primary N) is 1. The lowest BCUT2D eigenvalue weighted by Crippen LogP contribution is -2.51. The first-order valence-electron chi connectivity index (χ1n) is 13.7. The van der Waals surface area contributed by atoms with Crippen molar-refractivity contribution in [2.45, 2.75) is 31.2 Å². The second-order valence-corrected chi connectivity index (χ2v) is 11.6. The van der Waals surface area contributed by atoms with Crippen LogP contribution in [0.25, 0.3) is 11.1 Å². The molecule has 4 heterocycles. The molecule has 1 spiro atoms. The van der Waals surface area contributed by atoms with Gasteiger partial charge in [0.05, 0.1) is 26.3 Å². The quantitative estimate of drug-likeness (QED) is 0.285. The third-order valence-corrected chi connectivity index (χ3v) is 8.84. The first kappa shape index (κ1) is 28.0. The number of hydrogen-bond donors (Lipinski definition) is 3. The van der Waals surface area contributed by atoms with Gasteiger partial charge in [-0.3, -0.25) is 19.8 Å². The fraction of sp³-hybridized carbons (Fsp3) is 0.333. The van der Waals surface area contributed by atoms with Crippen LogP contribution in [0.4, 0.5) is 4.39 Å². The second kappa shape index (κ2) is 11.3. The van der Waals surface area contributed by atoms with Crippen molar-refractivity contribution in [2.24, 2.45) is 5.73 Å². The fourth-order valence-electron chi connectivity index (χ4n) is 5.71. The highest BCUT2D eigenvalue weighted by atomic mass is 32.1. The zero-order chi connectivity index (χ0) is 29.4. The molecule has 2 aromatic carbocycles. The van der Waals surface area contributed by atoms with Crippen LogP contribution in [0, 0.1) is 11.2 Å². The van der Waals surface area contributed by atoms with Gasteiger partial charge in [0.25, 0.3) is 5.91 Å². The van der Waals surface area contributed by atoms with Crippen molar-refractivity contribution in [3.8, 4) is 11.1 Å². The maximum Gasteiger partial charge on any atom is 0.254 e. The normalized spacial score (nSPS) is 19.3. The van der Waals surface area contributed by atoms with Gasteiger partial charge in [-0.1, -0.05) is 24.3 Å². The van der Waals surface area contributed by atoms with Crippen molar-refractivity contribution < 1.29 is 28.2 Å². The Morgan fingerprint density at radius 3 is 2.57 bits per heavy atom. The molecule has 0 saturated carbocycles. The molecule has 2 fully saturated rings. The number of amides is 3. The molecule has 1 aromatic heterocycles. The maximum absolute atomic E-state index is 13.6. The highest BCUT2D eigenvalue weighted by Crippen LogP contribution is 2.35. The van der Waals surface area contributed by atoms with Crippen LogP contribution >= 0.6 is 11.3 Å². The van der Waals surface area contributed by atoms with Crippen LogP contribution in [-0.4, -0.2) is 78.0 Å². The topological polar surface area (TPSA) is 138 Å². The van der Waals surface area contributed by atoms with E-state index in [-0.39, 0.29) is 55.4 Å². The molecule has 218 valence electrons. The van der Waals surface area contributed by atoms with Crippen molar-refractivity contribution in [3.05, 3.63) is 81.3 Å². The van der Waals surface area contributed by atoms with Crippen LogP contribution in [0.3, 0.4) is 0 Å². The van der Waals surface area contributed by atoms with E-state index in [2.05, 4.69) is 5.32 Å². The van der Waals surface area contributed by atoms with Crippen LogP contribution in [0.15, 0.2) is 53.9 Å². The van der Waals surface area contributed by atoms with Gasteiger partial charge in [0, 0.05) is 34.3 Å². The lowest BCUT2D eigenvalue weighted by atomic mass is 9.94. The summed E-state index contributed by atoms with van der Waals surface area (Å²) >= 11 is 1.38. The molecule has 12 heteroatoms. The standard InChI is InChI=1S/C30H30FN5O5S/c31-22-4-1-18(2-5-22)19-3-6-24-20(11-19)7-8-35(29(24)39)15-26(37)36-17-30(40-9-10-41-30)13-25(36)28(38)34-14-23-12-21(16-42-23)27(32)33/h1-6,11-12,16,25H,7-10,13-15,17H2,(H3,32,33)(H,34,38). The van der Waals surface area contributed by atoms with Gasteiger partial charge in [-0.15, -0.1) is 11.3 Å². The minimum Gasteiger partial charge on any atom is -0.384 e. The summed E-state index contributed by atoms with van der Waals surface area (Å²) in [4.78, 5) is 44.1. The number of nitrogens with one attached hydrogen (secondary N) is 2. The predicted octanol–water partition coefficient (Wildman–Crippen LogP) is 2.50. The van der Waals surface area contributed by atoms with Gasteiger partial charge < -0.3 is 30.3 Å². The van der Waals surface area contributed by atoms with Gasteiger partial charge in [-0.2, -0.15) is 0 Å². The average Bonchev–Trinajstić information content (AvgIpc) is 3.74. The Morgan fingerprint density at radius 1 is 1.12 bits per heavy atom. The van der Waals surface area contributed by atoms with Crippen molar-refractivity contribution in [2.75, 3.05) is 32.8 Å². The summed E-state index contributed by atoms with van der Waals surface area (Å²) in [6.45, 7) is 1.25. The Balaban J connectivity index is 1.14. The van der Waals surface area contributed by atoms with Crippen molar-refractivity contribution >= 4 is 34.9 Å². The van der Waals surface area contributed by atoms with Crippen molar-refractivity contribution in [3.63, 3.8) is 0 Å². The zero-order valence-corrected chi connectivity index (χ0v) is 23.5. The fourth-order valence-corrected chi connectivity index (χ4v) is 6.54. The number of hydrogen-bond acceptors (Lipinski definition) is 7. The molecule has 0 aliphatic carbocycles. The second-order valence-electron chi connectivity index (χ2n) is 10.6. The summed E-state index contributed by atoms with van der Waals surface area (Å²) in [6, 6.07) is 12.6. The number of carbonyl (C=O) groups excluding carboxylic acids is 3. The minimum atomic E-state index is -1.04. The third kappa shape index (κ3) is 5.52. The molecule has 3 aromatic rings. The SMILES string of the molecule is N=C(N)c1csc(CNC(=O)C2CC3(CN2C(=O)CN2CCc4cc(-c5ccc(F)cc5)ccc4C2=O)OCCO3)c1. The monoisotopic (exact) mass is 591 g/mol. The number of rotatable bonds is 7. The number of fused-ring (bicyclic) bond motifs is 1. The van der Waals surface area contributed by atoms with Crippen LogP contribution in [0.1, 0.15) is 32.8 Å². The molecule has 4 N–H and O–H groups in total. The Kier molecular flexibility index (Phi) is 7.52. The van der Waals surface area contributed by atoms with E-state index in [1.807, 2.05) is 12.1 Å². The van der Waals surface area contributed by atoms with Crippen LogP contribution in [0.2, 0.25) is 0 Å². The maximum atomic E-state index is 13.6. The Labute approximate surface area is 245 Å². The molecule has 2 saturated heterocycles. The number of amidine groups is 1. The summed E-state index contributed by atoms with van der Waals surface area (Å²) in [5.41, 5.74) is 9.27. The van der Waals surface area contributed by atoms with Gasteiger partial charge in [-0.05, 0) is 47.4 Å². The lowest BCUT2D eigenvalue weighted by molar-refractivity contribution is -0.152. The molecule has 10 nitrogen and oxygen atoms in total. The van der Waals surface area contributed by atoms with E-state index in [1.54, 1.807) is 29.6 Å². The first-order valence-corrected chi connectivity index (χ1v) is 14.5. The van der Waals surface area contributed by atoms with E-state index in [0.717, 1.165) is 21.6 Å². The predicted molar refractivity (Wildman–Crippen MR) is 153 cm³/mol. The van der Waals surface area contributed by atoms with E-state index < -0.39 is 11.8 Å². The summed E-state index contributed by atoms with van der Waals surface area (Å²) < 4.78 is 25.0. The number of nitrogen functional groups attached to an aromatic ring is 1. The van der Waals surface area contributed by atoms with Crippen molar-refractivity contribution in [1.29, 1.82) is 5.41 Å². The Bertz CT molecular complexity index is 1550. The average molecular weight is 592 g/mol. The van der Waals surface area contributed by atoms with E-state index in [9.17, 15) is 18.8 Å². The van der Waals surface area contributed by atoms with E-state index in [4.69, 9.17) is 20.6 Å². The first-order chi connectivity index (χ1) is 20.2. The summed E-state index contributed by atoms with van der Waals surface area (Å²) in [5.74, 6) is -2.36. The lowest BCUT2D eigenvalue weighted by Gasteiger charge is -2.31. The highest BCUT2D eigenvalue weighted by Gasteiger charge is 2.52. The molecule has 42 heavy (non-hydrogen) atoms. The zero-order valence-electron chi connectivity index (χ0n) is 22.7. The van der Waals surface area contributed by atoms with Crippen LogP contribution in [-0.2, 0) is 32.0 Å². The molecule has 6 rings (SSSR count). The van der Waals surface area contributed by atoms with Gasteiger partial charge in [0.15, 0.2) is 5.79 Å². The molecule has 0 radical (unpaired) electrons. The molecule has 0 bridgehead atoms. The van der Waals surface area contributed by atoms with Crippen molar-refractivity contribution in [1.82, 2.24) is 15.1 Å². The van der Waals surface area contributed by atoms with E-state index >= 15 is 0 Å². The van der Waals surface area contributed by atoms with Gasteiger partial charge in [0.1, 0.15) is 24.2 Å².